The second-order valence-corrected chi connectivity index (χ2v) is 4.70. The van der Waals surface area contributed by atoms with Gasteiger partial charge in [-0.25, -0.2) is 0 Å². The Morgan fingerprint density at radius 2 is 2.12 bits per heavy atom. The van der Waals surface area contributed by atoms with Crippen LogP contribution >= 0.6 is 0 Å². The highest BCUT2D eigenvalue weighted by Gasteiger charge is 2.43. The summed E-state index contributed by atoms with van der Waals surface area (Å²) in [5, 5.41) is 0. The standard InChI is InChI=1S/C14H19NO/c1-2-11(15)8-14(16)13-9-12(13)10-6-4-3-5-7-10/h3-7,11-13H,2,8-9,15H2,1H3. The quantitative estimate of drug-likeness (QED) is 0.823. The predicted molar refractivity (Wildman–Crippen MR) is 65.2 cm³/mol. The van der Waals surface area contributed by atoms with E-state index in [0.717, 1.165) is 12.8 Å². The lowest BCUT2D eigenvalue weighted by Gasteiger charge is -2.06. The van der Waals surface area contributed by atoms with Gasteiger partial charge in [-0.1, -0.05) is 37.3 Å². The SMILES string of the molecule is CCC(N)CC(=O)C1CC1c1ccccc1. The zero-order chi connectivity index (χ0) is 11.5. The summed E-state index contributed by atoms with van der Waals surface area (Å²) in [7, 11) is 0. The van der Waals surface area contributed by atoms with Crippen molar-refractivity contribution in [1.29, 1.82) is 0 Å². The van der Waals surface area contributed by atoms with Gasteiger partial charge in [-0.3, -0.25) is 4.79 Å². The molecule has 0 aliphatic heterocycles. The molecule has 3 unspecified atom stereocenters. The van der Waals surface area contributed by atoms with Gasteiger partial charge in [-0.2, -0.15) is 0 Å². The monoisotopic (exact) mass is 217 g/mol. The van der Waals surface area contributed by atoms with Crippen LogP contribution in [0.25, 0.3) is 0 Å². The first-order chi connectivity index (χ1) is 7.72. The first-order valence-electron chi connectivity index (χ1n) is 6.05. The van der Waals surface area contributed by atoms with E-state index < -0.39 is 0 Å². The number of carbonyl (C=O) groups is 1. The molecule has 1 aromatic rings. The van der Waals surface area contributed by atoms with Gasteiger partial charge in [0.05, 0.1) is 0 Å². The van der Waals surface area contributed by atoms with Gasteiger partial charge >= 0.3 is 0 Å². The van der Waals surface area contributed by atoms with E-state index in [1.54, 1.807) is 0 Å². The molecule has 2 rings (SSSR count). The average molecular weight is 217 g/mol. The zero-order valence-electron chi connectivity index (χ0n) is 9.73. The fourth-order valence-electron chi connectivity index (χ4n) is 2.17. The van der Waals surface area contributed by atoms with E-state index in [1.807, 2.05) is 25.1 Å². The lowest BCUT2D eigenvalue weighted by Crippen LogP contribution is -2.23. The molecule has 86 valence electrons. The molecule has 2 heteroatoms. The normalized spacial score (nSPS) is 25.1. The molecular weight excluding hydrogens is 198 g/mol. The molecule has 0 spiro atoms. The smallest absolute Gasteiger partial charge is 0.138 e. The number of rotatable bonds is 5. The summed E-state index contributed by atoms with van der Waals surface area (Å²) in [5.41, 5.74) is 7.10. The number of Topliss-reactive ketones (excluding diaryl/α,β-unsaturated/α-hetero) is 1. The molecule has 0 aromatic heterocycles. The Morgan fingerprint density at radius 3 is 2.75 bits per heavy atom. The van der Waals surface area contributed by atoms with Crippen molar-refractivity contribution < 1.29 is 4.79 Å². The van der Waals surface area contributed by atoms with E-state index in [1.165, 1.54) is 5.56 Å². The van der Waals surface area contributed by atoms with E-state index in [-0.39, 0.29) is 12.0 Å². The van der Waals surface area contributed by atoms with Gasteiger partial charge < -0.3 is 5.73 Å². The molecule has 1 aromatic carbocycles. The van der Waals surface area contributed by atoms with Gasteiger partial charge in [-0.15, -0.1) is 0 Å². The Bertz CT molecular complexity index is 360. The highest BCUT2D eigenvalue weighted by atomic mass is 16.1. The third-order valence-electron chi connectivity index (χ3n) is 3.42. The molecular formula is C14H19NO. The molecule has 1 aliphatic carbocycles. The van der Waals surface area contributed by atoms with Crippen molar-refractivity contribution in [3.8, 4) is 0 Å². The molecule has 16 heavy (non-hydrogen) atoms. The first kappa shape index (κ1) is 11.3. The van der Waals surface area contributed by atoms with Crippen molar-refractivity contribution >= 4 is 5.78 Å². The highest BCUT2D eigenvalue weighted by Crippen LogP contribution is 2.48. The maximum absolute atomic E-state index is 11.9. The lowest BCUT2D eigenvalue weighted by atomic mass is 10.0. The van der Waals surface area contributed by atoms with Crippen LogP contribution in [0.15, 0.2) is 30.3 Å². The molecule has 0 bridgehead atoms. The molecule has 0 heterocycles. The largest absolute Gasteiger partial charge is 0.327 e. The van der Waals surface area contributed by atoms with Gasteiger partial charge in [0.2, 0.25) is 0 Å². The van der Waals surface area contributed by atoms with E-state index >= 15 is 0 Å². The molecule has 1 saturated carbocycles. The number of benzene rings is 1. The lowest BCUT2D eigenvalue weighted by molar-refractivity contribution is -0.120. The van der Waals surface area contributed by atoms with Crippen LogP contribution in [0.2, 0.25) is 0 Å². The van der Waals surface area contributed by atoms with E-state index in [0.29, 0.717) is 18.1 Å². The van der Waals surface area contributed by atoms with Crippen molar-refractivity contribution in [1.82, 2.24) is 0 Å². The summed E-state index contributed by atoms with van der Waals surface area (Å²) >= 11 is 0. The predicted octanol–water partition coefficient (Wildman–Crippen LogP) is 2.49. The topological polar surface area (TPSA) is 43.1 Å². The Morgan fingerprint density at radius 1 is 1.44 bits per heavy atom. The Hall–Kier alpha value is -1.15. The molecule has 0 amide bonds. The summed E-state index contributed by atoms with van der Waals surface area (Å²) in [5.74, 6) is 1.04. The van der Waals surface area contributed by atoms with Crippen molar-refractivity contribution in [3.63, 3.8) is 0 Å². The molecule has 0 saturated heterocycles. The minimum absolute atomic E-state index is 0.0459. The average Bonchev–Trinajstić information content (AvgIpc) is 3.10. The summed E-state index contributed by atoms with van der Waals surface area (Å²) in [6.45, 7) is 2.03. The molecule has 1 fully saturated rings. The van der Waals surface area contributed by atoms with Crippen LogP contribution in [0.4, 0.5) is 0 Å². The number of ketones is 1. The Kier molecular flexibility index (Phi) is 3.39. The third-order valence-corrected chi connectivity index (χ3v) is 3.42. The van der Waals surface area contributed by atoms with Crippen molar-refractivity contribution in [2.45, 2.75) is 38.1 Å². The van der Waals surface area contributed by atoms with Crippen LogP contribution in [-0.4, -0.2) is 11.8 Å². The first-order valence-corrected chi connectivity index (χ1v) is 6.05. The number of hydrogen-bond acceptors (Lipinski definition) is 2. The van der Waals surface area contributed by atoms with Gasteiger partial charge in [0.1, 0.15) is 5.78 Å². The molecule has 2 nitrogen and oxygen atoms in total. The summed E-state index contributed by atoms with van der Waals surface area (Å²) in [6, 6.07) is 10.3. The highest BCUT2D eigenvalue weighted by molar-refractivity contribution is 5.85. The van der Waals surface area contributed by atoms with Crippen LogP contribution in [0, 0.1) is 5.92 Å². The second-order valence-electron chi connectivity index (χ2n) is 4.70. The maximum atomic E-state index is 11.9. The Labute approximate surface area is 96.8 Å². The van der Waals surface area contributed by atoms with Crippen LogP contribution in [-0.2, 0) is 4.79 Å². The van der Waals surface area contributed by atoms with Gasteiger partial charge in [-0.05, 0) is 24.3 Å². The Balaban J connectivity index is 1.89. The van der Waals surface area contributed by atoms with Crippen molar-refractivity contribution in [2.24, 2.45) is 11.7 Å². The molecule has 3 atom stereocenters. The van der Waals surface area contributed by atoms with Gasteiger partial charge in [0.15, 0.2) is 0 Å². The summed E-state index contributed by atoms with van der Waals surface area (Å²) in [6.07, 6.45) is 2.44. The summed E-state index contributed by atoms with van der Waals surface area (Å²) < 4.78 is 0. The summed E-state index contributed by atoms with van der Waals surface area (Å²) in [4.78, 5) is 11.9. The van der Waals surface area contributed by atoms with E-state index in [4.69, 9.17) is 5.73 Å². The minimum atomic E-state index is 0.0459. The fourth-order valence-corrected chi connectivity index (χ4v) is 2.17. The van der Waals surface area contributed by atoms with Crippen LogP contribution in [0.1, 0.15) is 37.7 Å². The van der Waals surface area contributed by atoms with Gasteiger partial charge in [0, 0.05) is 18.4 Å². The molecule has 0 radical (unpaired) electrons. The molecule has 2 N–H and O–H groups in total. The van der Waals surface area contributed by atoms with Crippen LogP contribution < -0.4 is 5.73 Å². The third kappa shape index (κ3) is 2.50. The van der Waals surface area contributed by atoms with E-state index in [9.17, 15) is 4.79 Å². The molecule has 1 aliphatic rings. The zero-order valence-corrected chi connectivity index (χ0v) is 9.73. The second kappa shape index (κ2) is 4.79. The number of carbonyl (C=O) groups excluding carboxylic acids is 1. The van der Waals surface area contributed by atoms with Crippen molar-refractivity contribution in [3.05, 3.63) is 35.9 Å². The number of nitrogens with two attached hydrogens (primary N) is 1. The van der Waals surface area contributed by atoms with E-state index in [2.05, 4.69) is 12.1 Å². The fraction of sp³-hybridized carbons (Fsp3) is 0.500. The number of hydrogen-bond donors (Lipinski definition) is 1. The van der Waals surface area contributed by atoms with Crippen LogP contribution in [0.5, 0.6) is 0 Å². The minimum Gasteiger partial charge on any atom is -0.327 e. The maximum Gasteiger partial charge on any atom is 0.138 e. The van der Waals surface area contributed by atoms with Crippen molar-refractivity contribution in [2.75, 3.05) is 0 Å². The van der Waals surface area contributed by atoms with Crippen LogP contribution in [0.3, 0.4) is 0 Å². The van der Waals surface area contributed by atoms with Gasteiger partial charge in [0.25, 0.3) is 0 Å².